The summed E-state index contributed by atoms with van der Waals surface area (Å²) in [6, 6.07) is 13.4. The third kappa shape index (κ3) is 4.69. The maximum atomic E-state index is 12.4. The van der Waals surface area contributed by atoms with E-state index in [2.05, 4.69) is 15.6 Å². The number of para-hydroxylation sites is 1. The molecule has 8 nitrogen and oxygen atoms in total. The van der Waals surface area contributed by atoms with Gasteiger partial charge in [-0.15, -0.1) is 0 Å². The fourth-order valence-corrected chi connectivity index (χ4v) is 2.67. The topological polar surface area (TPSA) is 102 Å². The molecule has 0 saturated carbocycles. The zero-order chi connectivity index (χ0) is 19.2. The summed E-state index contributed by atoms with van der Waals surface area (Å²) < 4.78 is 1.85. The van der Waals surface area contributed by atoms with Crippen LogP contribution in [0, 0.1) is 10.1 Å². The number of rotatable bonds is 7. The predicted molar refractivity (Wildman–Crippen MR) is 102 cm³/mol. The minimum atomic E-state index is -0.503. The molecule has 27 heavy (non-hydrogen) atoms. The number of imidazole rings is 1. The Balaban J connectivity index is 1.74. The van der Waals surface area contributed by atoms with Crippen molar-refractivity contribution in [1.29, 1.82) is 0 Å². The first-order chi connectivity index (χ1) is 13.0. The predicted octanol–water partition coefficient (Wildman–Crippen LogP) is 3.35. The van der Waals surface area contributed by atoms with Crippen molar-refractivity contribution in [3.8, 4) is 0 Å². The van der Waals surface area contributed by atoms with Crippen molar-refractivity contribution < 1.29 is 9.72 Å². The van der Waals surface area contributed by atoms with Gasteiger partial charge >= 0.3 is 0 Å². The Labute approximate surface area is 156 Å². The van der Waals surface area contributed by atoms with Crippen LogP contribution >= 0.6 is 0 Å². The molecule has 0 fully saturated rings. The number of benzene rings is 2. The zero-order valence-electron chi connectivity index (χ0n) is 14.7. The van der Waals surface area contributed by atoms with Crippen molar-refractivity contribution in [2.75, 3.05) is 5.32 Å². The van der Waals surface area contributed by atoms with Crippen molar-refractivity contribution in [3.05, 3.63) is 82.9 Å². The molecule has 2 aromatic carbocycles. The van der Waals surface area contributed by atoms with E-state index in [1.807, 2.05) is 41.8 Å². The number of aromatic nitrogens is 2. The van der Waals surface area contributed by atoms with E-state index in [0.29, 0.717) is 12.2 Å². The van der Waals surface area contributed by atoms with Crippen LogP contribution in [-0.4, -0.2) is 26.4 Å². The molecule has 0 aliphatic heterocycles. The van der Waals surface area contributed by atoms with E-state index >= 15 is 0 Å². The Bertz CT molecular complexity index is 926. The van der Waals surface area contributed by atoms with Gasteiger partial charge in [0.1, 0.15) is 5.69 Å². The first kappa shape index (κ1) is 18.1. The van der Waals surface area contributed by atoms with Gasteiger partial charge in [0.15, 0.2) is 0 Å². The lowest BCUT2D eigenvalue weighted by Gasteiger charge is -2.15. The maximum Gasteiger partial charge on any atom is 0.293 e. The van der Waals surface area contributed by atoms with Crippen LogP contribution in [0.5, 0.6) is 0 Å². The van der Waals surface area contributed by atoms with Crippen molar-refractivity contribution >= 4 is 23.0 Å². The van der Waals surface area contributed by atoms with Gasteiger partial charge in [-0.1, -0.05) is 18.2 Å². The van der Waals surface area contributed by atoms with Gasteiger partial charge in [-0.05, 0) is 31.2 Å². The molecule has 3 aromatic rings. The quantitative estimate of drug-likeness (QED) is 0.494. The van der Waals surface area contributed by atoms with Gasteiger partial charge in [0.25, 0.3) is 11.6 Å². The van der Waals surface area contributed by atoms with Gasteiger partial charge < -0.3 is 15.2 Å². The third-order valence-electron chi connectivity index (χ3n) is 3.93. The second-order valence-electron chi connectivity index (χ2n) is 6.11. The highest BCUT2D eigenvalue weighted by Crippen LogP contribution is 2.28. The third-order valence-corrected chi connectivity index (χ3v) is 3.93. The number of hydrogen-bond donors (Lipinski definition) is 2. The molecule has 1 atom stereocenters. The molecule has 1 amide bonds. The fraction of sp³-hybridized carbons (Fsp3) is 0.158. The summed E-state index contributed by atoms with van der Waals surface area (Å²) in [7, 11) is 0. The number of nitrogens with zero attached hydrogens (tertiary/aromatic N) is 3. The minimum absolute atomic E-state index is 0.159. The Kier molecular flexibility index (Phi) is 5.46. The van der Waals surface area contributed by atoms with Gasteiger partial charge in [-0.25, -0.2) is 4.98 Å². The van der Waals surface area contributed by atoms with Gasteiger partial charge in [-0.2, -0.15) is 0 Å². The highest BCUT2D eigenvalue weighted by atomic mass is 16.6. The molecule has 3 rings (SSSR count). The van der Waals surface area contributed by atoms with Crippen molar-refractivity contribution in [2.45, 2.75) is 19.5 Å². The van der Waals surface area contributed by atoms with Crippen LogP contribution in [0.2, 0.25) is 0 Å². The minimum Gasteiger partial charge on any atom is -0.350 e. The van der Waals surface area contributed by atoms with E-state index in [4.69, 9.17) is 0 Å². The molecule has 0 aliphatic carbocycles. The number of carbonyl (C=O) groups is 1. The summed E-state index contributed by atoms with van der Waals surface area (Å²) in [6.07, 6.45) is 5.13. The summed E-state index contributed by atoms with van der Waals surface area (Å²) in [5, 5.41) is 17.3. The summed E-state index contributed by atoms with van der Waals surface area (Å²) in [5.74, 6) is -0.364. The first-order valence-corrected chi connectivity index (χ1v) is 8.40. The molecule has 0 aliphatic rings. The van der Waals surface area contributed by atoms with Crippen LogP contribution in [0.3, 0.4) is 0 Å². The Morgan fingerprint density at radius 3 is 2.70 bits per heavy atom. The van der Waals surface area contributed by atoms with Crippen LogP contribution in [0.15, 0.2) is 67.3 Å². The monoisotopic (exact) mass is 365 g/mol. The Morgan fingerprint density at radius 1 is 1.26 bits per heavy atom. The second kappa shape index (κ2) is 8.13. The average Bonchev–Trinajstić information content (AvgIpc) is 3.15. The molecule has 138 valence electrons. The lowest BCUT2D eigenvalue weighted by atomic mass is 10.1. The van der Waals surface area contributed by atoms with Gasteiger partial charge in [0.05, 0.1) is 11.3 Å². The molecule has 8 heteroatoms. The van der Waals surface area contributed by atoms with Gasteiger partial charge in [0.2, 0.25) is 0 Å². The summed E-state index contributed by atoms with van der Waals surface area (Å²) in [6.45, 7) is 2.42. The van der Waals surface area contributed by atoms with E-state index in [9.17, 15) is 14.9 Å². The van der Waals surface area contributed by atoms with Crippen LogP contribution in [-0.2, 0) is 6.54 Å². The number of anilines is 2. The molecule has 0 saturated heterocycles. The first-order valence-electron chi connectivity index (χ1n) is 8.40. The van der Waals surface area contributed by atoms with E-state index in [0.717, 1.165) is 5.69 Å². The second-order valence-corrected chi connectivity index (χ2v) is 6.11. The standard InChI is InChI=1S/C19H19N5O3/c1-14(12-23-10-9-20-13-23)21-19(25)15-7-8-17(18(11-15)24(26)27)22-16-5-3-2-4-6-16/h2-11,13-14,22H,12H2,1H3,(H,21,25). The van der Waals surface area contributed by atoms with Crippen LogP contribution in [0.25, 0.3) is 0 Å². The van der Waals surface area contributed by atoms with Gasteiger partial charge in [-0.3, -0.25) is 14.9 Å². The van der Waals surface area contributed by atoms with Crippen molar-refractivity contribution in [2.24, 2.45) is 0 Å². The summed E-state index contributed by atoms with van der Waals surface area (Å²) >= 11 is 0. The van der Waals surface area contributed by atoms with E-state index in [1.54, 1.807) is 30.9 Å². The zero-order valence-corrected chi connectivity index (χ0v) is 14.7. The number of amides is 1. The van der Waals surface area contributed by atoms with Crippen molar-refractivity contribution in [1.82, 2.24) is 14.9 Å². The molecule has 0 bridgehead atoms. The Morgan fingerprint density at radius 2 is 2.04 bits per heavy atom. The smallest absolute Gasteiger partial charge is 0.293 e. The number of nitro groups is 1. The number of carbonyl (C=O) groups excluding carboxylic acids is 1. The molecule has 2 N–H and O–H groups in total. The highest BCUT2D eigenvalue weighted by molar-refractivity contribution is 5.96. The Hall–Kier alpha value is -3.68. The van der Waals surface area contributed by atoms with E-state index < -0.39 is 4.92 Å². The number of hydrogen-bond acceptors (Lipinski definition) is 5. The normalized spacial score (nSPS) is 11.6. The highest BCUT2D eigenvalue weighted by Gasteiger charge is 2.19. The molecule has 1 aromatic heterocycles. The molecule has 0 radical (unpaired) electrons. The molecular formula is C19H19N5O3. The van der Waals surface area contributed by atoms with E-state index in [-0.39, 0.29) is 23.2 Å². The number of nitro benzene ring substituents is 1. The SMILES string of the molecule is CC(Cn1ccnc1)NC(=O)c1ccc(Nc2ccccc2)c([N+](=O)[O-])c1. The van der Waals surface area contributed by atoms with Crippen LogP contribution < -0.4 is 10.6 Å². The number of nitrogens with one attached hydrogen (secondary N) is 2. The molecular weight excluding hydrogens is 346 g/mol. The maximum absolute atomic E-state index is 12.4. The molecule has 0 spiro atoms. The summed E-state index contributed by atoms with van der Waals surface area (Å²) in [4.78, 5) is 27.3. The van der Waals surface area contributed by atoms with Crippen molar-refractivity contribution in [3.63, 3.8) is 0 Å². The fourth-order valence-electron chi connectivity index (χ4n) is 2.67. The van der Waals surface area contributed by atoms with Gasteiger partial charge in [0, 0.05) is 42.3 Å². The molecule has 1 heterocycles. The van der Waals surface area contributed by atoms with Crippen LogP contribution in [0.4, 0.5) is 17.1 Å². The largest absolute Gasteiger partial charge is 0.350 e. The van der Waals surface area contributed by atoms with E-state index in [1.165, 1.54) is 6.07 Å². The lowest BCUT2D eigenvalue weighted by molar-refractivity contribution is -0.383. The van der Waals surface area contributed by atoms with Crippen LogP contribution in [0.1, 0.15) is 17.3 Å². The average molecular weight is 365 g/mol. The lowest BCUT2D eigenvalue weighted by Crippen LogP contribution is -2.35. The summed E-state index contributed by atoms with van der Waals surface area (Å²) in [5.41, 5.74) is 1.13. The molecule has 1 unspecified atom stereocenters.